The van der Waals surface area contributed by atoms with E-state index in [-0.39, 0.29) is 5.91 Å². The van der Waals surface area contributed by atoms with Gasteiger partial charge in [-0.15, -0.1) is 0 Å². The van der Waals surface area contributed by atoms with Crippen molar-refractivity contribution in [3.63, 3.8) is 0 Å². The maximum atomic E-state index is 12.2. The third-order valence-electron chi connectivity index (χ3n) is 4.46. The Kier molecular flexibility index (Phi) is 5.97. The zero-order valence-electron chi connectivity index (χ0n) is 15.7. The molecular formula is C22H22ClN3O2. The Morgan fingerprint density at radius 3 is 2.64 bits per heavy atom. The topological polar surface area (TPSA) is 88.2 Å². The van der Waals surface area contributed by atoms with Crippen LogP contribution in [0.4, 0.5) is 11.4 Å². The van der Waals surface area contributed by atoms with Gasteiger partial charge in [0.25, 0.3) is 0 Å². The molecule has 0 aliphatic rings. The van der Waals surface area contributed by atoms with Crippen molar-refractivity contribution in [2.45, 2.75) is 26.4 Å². The Morgan fingerprint density at radius 2 is 2.00 bits per heavy atom. The number of hydrogen-bond donors (Lipinski definition) is 3. The number of fused-ring (bicyclic) bond motifs is 1. The summed E-state index contributed by atoms with van der Waals surface area (Å²) in [6, 6.07) is 12.6. The van der Waals surface area contributed by atoms with Crippen LogP contribution in [-0.4, -0.2) is 16.0 Å². The van der Waals surface area contributed by atoms with Crippen LogP contribution in [0.25, 0.3) is 17.0 Å². The van der Waals surface area contributed by atoms with Crippen molar-refractivity contribution < 1.29 is 9.90 Å². The molecule has 0 radical (unpaired) electrons. The summed E-state index contributed by atoms with van der Waals surface area (Å²) in [4.78, 5) is 16.8. The number of rotatable bonds is 5. The molecule has 0 bridgehead atoms. The highest BCUT2D eigenvalue weighted by molar-refractivity contribution is 6.30. The molecule has 1 heterocycles. The first-order chi connectivity index (χ1) is 13.4. The van der Waals surface area contributed by atoms with Crippen LogP contribution >= 0.6 is 11.6 Å². The molecule has 1 amide bonds. The number of nitrogen functional groups attached to an aromatic ring is 1. The van der Waals surface area contributed by atoms with Gasteiger partial charge in [0.05, 0.1) is 11.6 Å². The summed E-state index contributed by atoms with van der Waals surface area (Å²) < 4.78 is 0. The molecule has 2 aromatic carbocycles. The van der Waals surface area contributed by atoms with Crippen molar-refractivity contribution in [2.75, 3.05) is 11.1 Å². The van der Waals surface area contributed by atoms with Crippen molar-refractivity contribution in [3.8, 4) is 0 Å². The van der Waals surface area contributed by atoms with Gasteiger partial charge in [0, 0.05) is 39.1 Å². The number of aliphatic hydroxyl groups is 1. The van der Waals surface area contributed by atoms with Gasteiger partial charge in [-0.3, -0.25) is 9.78 Å². The van der Waals surface area contributed by atoms with Gasteiger partial charge >= 0.3 is 0 Å². The lowest BCUT2D eigenvalue weighted by Gasteiger charge is -2.16. The van der Waals surface area contributed by atoms with Crippen molar-refractivity contribution in [1.29, 1.82) is 0 Å². The van der Waals surface area contributed by atoms with Crippen LogP contribution in [0.5, 0.6) is 0 Å². The van der Waals surface area contributed by atoms with Gasteiger partial charge in [-0.25, -0.2) is 0 Å². The molecule has 28 heavy (non-hydrogen) atoms. The summed E-state index contributed by atoms with van der Waals surface area (Å²) in [7, 11) is 0. The number of aryl methyl sites for hydroxylation is 1. The van der Waals surface area contributed by atoms with E-state index in [0.717, 1.165) is 16.8 Å². The standard InChI is InChI=1S/C22H22ClN3O2/c1-3-18-21(13(2)27)22(24)17-12-16(9-10-19(17)26-18)25-20(28)11-6-14-4-7-15(23)8-5-14/h4-13,27H,3H2,1-2H3,(H2,24,26)(H,25,28)/b11-6+. The monoisotopic (exact) mass is 395 g/mol. The largest absolute Gasteiger partial charge is 0.398 e. The van der Waals surface area contributed by atoms with Crippen molar-refractivity contribution >= 4 is 45.9 Å². The second-order valence-electron chi connectivity index (χ2n) is 6.52. The summed E-state index contributed by atoms with van der Waals surface area (Å²) in [6.07, 6.45) is 3.12. The van der Waals surface area contributed by atoms with Crippen molar-refractivity contribution in [3.05, 3.63) is 70.4 Å². The van der Waals surface area contributed by atoms with E-state index in [4.69, 9.17) is 17.3 Å². The number of halogens is 1. The average Bonchev–Trinajstić information content (AvgIpc) is 2.67. The number of nitrogens with zero attached hydrogens (tertiary/aromatic N) is 1. The third-order valence-corrected chi connectivity index (χ3v) is 4.71. The molecule has 144 valence electrons. The van der Waals surface area contributed by atoms with E-state index in [2.05, 4.69) is 10.3 Å². The van der Waals surface area contributed by atoms with E-state index >= 15 is 0 Å². The van der Waals surface area contributed by atoms with E-state index in [0.29, 0.717) is 33.8 Å². The number of pyridine rings is 1. The predicted molar refractivity (Wildman–Crippen MR) is 115 cm³/mol. The number of carbonyl (C=O) groups is 1. The summed E-state index contributed by atoms with van der Waals surface area (Å²) in [5.74, 6) is -0.262. The zero-order valence-corrected chi connectivity index (χ0v) is 16.5. The molecule has 0 spiro atoms. The Labute approximate surface area is 168 Å². The zero-order chi connectivity index (χ0) is 20.3. The van der Waals surface area contributed by atoms with Crippen LogP contribution in [0.2, 0.25) is 5.02 Å². The minimum atomic E-state index is -0.715. The molecule has 4 N–H and O–H groups in total. The van der Waals surface area contributed by atoms with Crippen molar-refractivity contribution in [2.24, 2.45) is 0 Å². The van der Waals surface area contributed by atoms with Crippen LogP contribution < -0.4 is 11.1 Å². The number of nitrogens with two attached hydrogens (primary N) is 1. The number of anilines is 2. The second kappa shape index (κ2) is 8.42. The molecule has 5 nitrogen and oxygen atoms in total. The third kappa shape index (κ3) is 4.32. The SMILES string of the molecule is CCc1nc2ccc(NC(=O)/C=C/c3ccc(Cl)cc3)cc2c(N)c1C(C)O. The Balaban J connectivity index is 1.86. The van der Waals surface area contributed by atoms with Gasteiger partial charge in [-0.05, 0) is 55.3 Å². The van der Waals surface area contributed by atoms with Gasteiger partial charge < -0.3 is 16.2 Å². The van der Waals surface area contributed by atoms with Gasteiger partial charge in [0.15, 0.2) is 0 Å². The van der Waals surface area contributed by atoms with Crippen molar-refractivity contribution in [1.82, 2.24) is 4.98 Å². The maximum absolute atomic E-state index is 12.2. The molecule has 0 aliphatic heterocycles. The molecular weight excluding hydrogens is 374 g/mol. The minimum Gasteiger partial charge on any atom is -0.398 e. The van der Waals surface area contributed by atoms with E-state index in [1.54, 1.807) is 37.3 Å². The van der Waals surface area contributed by atoms with Gasteiger partial charge in [-0.2, -0.15) is 0 Å². The fourth-order valence-corrected chi connectivity index (χ4v) is 3.22. The van der Waals surface area contributed by atoms with Gasteiger partial charge in [0.2, 0.25) is 5.91 Å². The maximum Gasteiger partial charge on any atom is 0.248 e. The molecule has 0 fully saturated rings. The van der Waals surface area contributed by atoms with E-state index in [1.165, 1.54) is 6.08 Å². The first kappa shape index (κ1) is 19.9. The normalized spacial score (nSPS) is 12.4. The fraction of sp³-hybridized carbons (Fsp3) is 0.182. The van der Waals surface area contributed by atoms with Crippen LogP contribution in [0.3, 0.4) is 0 Å². The van der Waals surface area contributed by atoms with Crippen LogP contribution in [0.1, 0.15) is 36.8 Å². The quantitative estimate of drug-likeness (QED) is 0.544. The Morgan fingerprint density at radius 1 is 1.29 bits per heavy atom. The van der Waals surface area contributed by atoms with Gasteiger partial charge in [-0.1, -0.05) is 30.7 Å². The number of aliphatic hydroxyl groups excluding tert-OH is 1. The predicted octanol–water partition coefficient (Wildman–Crippen LogP) is 4.74. The smallest absolute Gasteiger partial charge is 0.248 e. The van der Waals surface area contributed by atoms with Gasteiger partial charge in [0.1, 0.15) is 0 Å². The number of amides is 1. The lowest BCUT2D eigenvalue weighted by Crippen LogP contribution is -2.09. The lowest BCUT2D eigenvalue weighted by atomic mass is 10.0. The summed E-state index contributed by atoms with van der Waals surface area (Å²) >= 11 is 5.86. The summed E-state index contributed by atoms with van der Waals surface area (Å²) in [6.45, 7) is 3.65. The molecule has 3 aromatic rings. The number of hydrogen-bond acceptors (Lipinski definition) is 4. The van der Waals surface area contributed by atoms with E-state index in [9.17, 15) is 9.90 Å². The lowest BCUT2D eigenvalue weighted by molar-refractivity contribution is -0.111. The Bertz CT molecular complexity index is 1040. The highest BCUT2D eigenvalue weighted by Crippen LogP contribution is 2.32. The molecule has 0 aliphatic carbocycles. The van der Waals surface area contributed by atoms with E-state index in [1.807, 2.05) is 25.1 Å². The first-order valence-corrected chi connectivity index (χ1v) is 9.41. The molecule has 1 unspecified atom stereocenters. The summed E-state index contributed by atoms with van der Waals surface area (Å²) in [5, 5.41) is 14.2. The molecule has 1 atom stereocenters. The molecule has 0 saturated heterocycles. The molecule has 1 aromatic heterocycles. The highest BCUT2D eigenvalue weighted by atomic mass is 35.5. The first-order valence-electron chi connectivity index (χ1n) is 9.03. The summed E-state index contributed by atoms with van der Waals surface area (Å²) in [5.41, 5.74) is 10.4. The number of carbonyl (C=O) groups excluding carboxylic acids is 1. The van der Waals surface area contributed by atoms with Crippen LogP contribution in [-0.2, 0) is 11.2 Å². The number of aromatic nitrogens is 1. The molecule has 3 rings (SSSR count). The average molecular weight is 396 g/mol. The fourth-order valence-electron chi connectivity index (χ4n) is 3.10. The van der Waals surface area contributed by atoms with Crippen LogP contribution in [0, 0.1) is 0 Å². The molecule has 0 saturated carbocycles. The van der Waals surface area contributed by atoms with E-state index < -0.39 is 6.10 Å². The Hall–Kier alpha value is -2.89. The van der Waals surface area contributed by atoms with Crippen LogP contribution in [0.15, 0.2) is 48.5 Å². The second-order valence-corrected chi connectivity index (χ2v) is 6.96. The number of benzene rings is 2. The molecule has 6 heteroatoms. The highest BCUT2D eigenvalue weighted by Gasteiger charge is 2.16. The number of nitrogens with one attached hydrogen (secondary N) is 1. The minimum absolute atomic E-state index is 0.262.